The third-order valence-electron chi connectivity index (χ3n) is 2.56. The molecule has 0 N–H and O–H groups in total. The molecule has 0 atom stereocenters. The number of pyridine rings is 1. The number of hydrogen-bond donors (Lipinski definition) is 0. The maximum absolute atomic E-state index is 8.92. The van der Waals surface area contributed by atoms with Crippen LogP contribution in [0.4, 0.5) is 0 Å². The van der Waals surface area contributed by atoms with Gasteiger partial charge < -0.3 is 0 Å². The van der Waals surface area contributed by atoms with Gasteiger partial charge in [0.2, 0.25) is 0 Å². The first kappa shape index (κ1) is 8.25. The zero-order valence-corrected chi connectivity index (χ0v) is 7.75. The first-order chi connectivity index (χ1) is 6.24. The predicted octanol–water partition coefficient (Wildman–Crippen LogP) is 2.24. The molecule has 0 saturated heterocycles. The van der Waals surface area contributed by atoms with Gasteiger partial charge in [0, 0.05) is 12.4 Å². The average molecular weight is 172 g/mol. The minimum absolute atomic E-state index is 0.0462. The molecule has 1 aliphatic rings. The van der Waals surface area contributed by atoms with E-state index in [1.54, 1.807) is 0 Å². The molecular formula is C11H12N2. The van der Waals surface area contributed by atoms with Crippen LogP contribution in [0.3, 0.4) is 0 Å². The van der Waals surface area contributed by atoms with Gasteiger partial charge in [0.05, 0.1) is 11.5 Å². The van der Waals surface area contributed by atoms with E-state index < -0.39 is 0 Å². The Morgan fingerprint density at radius 2 is 2.31 bits per heavy atom. The molecule has 1 saturated carbocycles. The minimum atomic E-state index is -0.0462. The summed E-state index contributed by atoms with van der Waals surface area (Å²) < 4.78 is 0. The molecule has 0 amide bonds. The molecule has 1 aromatic heterocycles. The summed E-state index contributed by atoms with van der Waals surface area (Å²) in [5.41, 5.74) is 2.32. The molecule has 1 fully saturated rings. The molecule has 0 spiro atoms. The minimum Gasteiger partial charge on any atom is -0.264 e. The highest BCUT2D eigenvalue weighted by Gasteiger charge is 2.42. The third-order valence-corrected chi connectivity index (χ3v) is 2.56. The molecule has 0 bridgehead atoms. The summed E-state index contributed by atoms with van der Waals surface area (Å²) in [7, 11) is 0. The van der Waals surface area contributed by atoms with Crippen LogP contribution in [0.1, 0.15) is 24.0 Å². The Kier molecular flexibility index (Phi) is 1.81. The summed E-state index contributed by atoms with van der Waals surface area (Å²) in [6, 6.07) is 4.51. The van der Waals surface area contributed by atoms with Crippen molar-refractivity contribution >= 4 is 0 Å². The van der Waals surface area contributed by atoms with Crippen molar-refractivity contribution in [3.63, 3.8) is 0 Å². The van der Waals surface area contributed by atoms with E-state index in [0.29, 0.717) is 0 Å². The average Bonchev–Trinajstić information content (AvgIpc) is 2.86. The van der Waals surface area contributed by atoms with Crippen molar-refractivity contribution in [3.8, 4) is 6.07 Å². The molecule has 13 heavy (non-hydrogen) atoms. The van der Waals surface area contributed by atoms with E-state index in [2.05, 4.69) is 17.1 Å². The monoisotopic (exact) mass is 172 g/mol. The highest BCUT2D eigenvalue weighted by atomic mass is 14.6. The van der Waals surface area contributed by atoms with Gasteiger partial charge in [-0.05, 0) is 37.3 Å². The van der Waals surface area contributed by atoms with Crippen LogP contribution in [0.5, 0.6) is 0 Å². The van der Waals surface area contributed by atoms with Gasteiger partial charge in [-0.25, -0.2) is 0 Å². The van der Waals surface area contributed by atoms with E-state index in [1.165, 1.54) is 11.1 Å². The zero-order valence-electron chi connectivity index (χ0n) is 7.75. The van der Waals surface area contributed by atoms with E-state index in [1.807, 2.05) is 19.3 Å². The normalized spacial score (nSPS) is 17.8. The second kappa shape index (κ2) is 2.85. The van der Waals surface area contributed by atoms with Gasteiger partial charge in [0.25, 0.3) is 0 Å². The summed E-state index contributed by atoms with van der Waals surface area (Å²) in [4.78, 5) is 4.12. The lowest BCUT2D eigenvalue weighted by Gasteiger charge is -2.05. The Labute approximate surface area is 78.2 Å². The van der Waals surface area contributed by atoms with Crippen molar-refractivity contribution in [2.24, 2.45) is 5.41 Å². The van der Waals surface area contributed by atoms with Gasteiger partial charge in [-0.3, -0.25) is 4.98 Å². The van der Waals surface area contributed by atoms with Gasteiger partial charge in [0.1, 0.15) is 0 Å². The van der Waals surface area contributed by atoms with Gasteiger partial charge in [-0.2, -0.15) is 5.26 Å². The van der Waals surface area contributed by atoms with E-state index in [4.69, 9.17) is 5.26 Å². The Morgan fingerprint density at radius 3 is 2.85 bits per heavy atom. The van der Waals surface area contributed by atoms with E-state index in [-0.39, 0.29) is 5.41 Å². The van der Waals surface area contributed by atoms with Crippen LogP contribution in [0.25, 0.3) is 0 Å². The quantitative estimate of drug-likeness (QED) is 0.686. The molecule has 2 nitrogen and oxygen atoms in total. The van der Waals surface area contributed by atoms with Crippen molar-refractivity contribution in [3.05, 3.63) is 29.6 Å². The van der Waals surface area contributed by atoms with Crippen molar-refractivity contribution < 1.29 is 0 Å². The van der Waals surface area contributed by atoms with Crippen LogP contribution in [-0.2, 0) is 6.42 Å². The summed E-state index contributed by atoms with van der Waals surface area (Å²) >= 11 is 0. The second-order valence-corrected chi connectivity index (χ2v) is 3.94. The molecule has 0 aliphatic heterocycles. The third kappa shape index (κ3) is 1.70. The van der Waals surface area contributed by atoms with Crippen LogP contribution in [0.15, 0.2) is 18.5 Å². The molecule has 2 heteroatoms. The molecule has 1 aromatic rings. The Balaban J connectivity index is 2.15. The predicted molar refractivity (Wildman–Crippen MR) is 50.0 cm³/mol. The molecule has 66 valence electrons. The molecule has 1 aliphatic carbocycles. The summed E-state index contributed by atoms with van der Waals surface area (Å²) in [5, 5.41) is 8.92. The first-order valence-corrected chi connectivity index (χ1v) is 4.56. The summed E-state index contributed by atoms with van der Waals surface area (Å²) in [6.07, 6.45) is 6.69. The van der Waals surface area contributed by atoms with Gasteiger partial charge in [-0.15, -0.1) is 0 Å². The molecule has 2 rings (SSSR count). The highest BCUT2D eigenvalue weighted by molar-refractivity contribution is 5.23. The standard InChI is InChI=1S/C11H12N2/c1-9-4-10(7-13-6-9)5-11(8-12)2-3-11/h4,6-7H,2-3,5H2,1H3. The van der Waals surface area contributed by atoms with Gasteiger partial charge >= 0.3 is 0 Å². The Hall–Kier alpha value is -1.36. The number of aromatic nitrogens is 1. The zero-order chi connectivity index (χ0) is 9.31. The van der Waals surface area contributed by atoms with Gasteiger partial charge in [-0.1, -0.05) is 6.07 Å². The van der Waals surface area contributed by atoms with Crippen LogP contribution >= 0.6 is 0 Å². The van der Waals surface area contributed by atoms with Crippen LogP contribution < -0.4 is 0 Å². The fraction of sp³-hybridized carbons (Fsp3) is 0.455. The molecule has 0 unspecified atom stereocenters. The highest BCUT2D eigenvalue weighted by Crippen LogP contribution is 2.47. The van der Waals surface area contributed by atoms with Gasteiger partial charge in [0.15, 0.2) is 0 Å². The Morgan fingerprint density at radius 1 is 1.54 bits per heavy atom. The SMILES string of the molecule is Cc1cncc(CC2(C#N)CC2)c1. The van der Waals surface area contributed by atoms with Crippen molar-refractivity contribution in [1.82, 2.24) is 4.98 Å². The van der Waals surface area contributed by atoms with E-state index in [9.17, 15) is 0 Å². The fourth-order valence-corrected chi connectivity index (χ4v) is 1.58. The van der Waals surface area contributed by atoms with Crippen LogP contribution in [0.2, 0.25) is 0 Å². The molecular weight excluding hydrogens is 160 g/mol. The second-order valence-electron chi connectivity index (χ2n) is 3.94. The number of nitriles is 1. The van der Waals surface area contributed by atoms with Crippen molar-refractivity contribution in [2.75, 3.05) is 0 Å². The topological polar surface area (TPSA) is 36.7 Å². The lowest BCUT2D eigenvalue weighted by molar-refractivity contribution is 0.662. The smallest absolute Gasteiger partial charge is 0.0693 e. The molecule has 0 aromatic carbocycles. The maximum atomic E-state index is 8.92. The van der Waals surface area contributed by atoms with E-state index in [0.717, 1.165) is 19.3 Å². The lowest BCUT2D eigenvalue weighted by atomic mass is 9.99. The molecule has 1 heterocycles. The number of nitrogens with zero attached hydrogens (tertiary/aromatic N) is 2. The molecule has 0 radical (unpaired) electrons. The lowest BCUT2D eigenvalue weighted by Crippen LogP contribution is -2.01. The fourth-order valence-electron chi connectivity index (χ4n) is 1.58. The Bertz CT molecular complexity index is 359. The maximum Gasteiger partial charge on any atom is 0.0693 e. The van der Waals surface area contributed by atoms with Crippen LogP contribution in [0, 0.1) is 23.7 Å². The van der Waals surface area contributed by atoms with E-state index >= 15 is 0 Å². The summed E-state index contributed by atoms with van der Waals surface area (Å²) in [6.45, 7) is 2.03. The number of aryl methyl sites for hydroxylation is 1. The summed E-state index contributed by atoms with van der Waals surface area (Å²) in [5.74, 6) is 0. The van der Waals surface area contributed by atoms with Crippen LogP contribution in [-0.4, -0.2) is 4.98 Å². The largest absolute Gasteiger partial charge is 0.264 e. The number of rotatable bonds is 2. The van der Waals surface area contributed by atoms with Crippen molar-refractivity contribution in [1.29, 1.82) is 5.26 Å². The van der Waals surface area contributed by atoms with Crippen molar-refractivity contribution in [2.45, 2.75) is 26.2 Å². The number of hydrogen-bond acceptors (Lipinski definition) is 2. The first-order valence-electron chi connectivity index (χ1n) is 4.56.